The van der Waals surface area contributed by atoms with E-state index in [4.69, 9.17) is 17.3 Å². The van der Waals surface area contributed by atoms with E-state index >= 15 is 0 Å². The maximum absolute atomic E-state index is 12.8. The topological polar surface area (TPSA) is 94.9 Å². The third-order valence-electron chi connectivity index (χ3n) is 3.86. The first-order valence-electron chi connectivity index (χ1n) is 7.76. The highest BCUT2D eigenvalue weighted by Gasteiger charge is 2.41. The van der Waals surface area contributed by atoms with Crippen molar-refractivity contribution in [3.63, 3.8) is 0 Å². The summed E-state index contributed by atoms with van der Waals surface area (Å²) in [5.74, 6) is -2.79. The first-order chi connectivity index (χ1) is 12.9. The van der Waals surface area contributed by atoms with Crippen molar-refractivity contribution in [1.82, 2.24) is 4.90 Å². The molecule has 0 spiro atoms. The molecule has 1 heterocycles. The van der Waals surface area contributed by atoms with Crippen molar-refractivity contribution in [3.05, 3.63) is 76.2 Å². The Morgan fingerprint density at radius 1 is 1.07 bits per heavy atom. The van der Waals surface area contributed by atoms with Gasteiger partial charge in [-0.1, -0.05) is 66.4 Å². The zero-order valence-corrected chi connectivity index (χ0v) is 15.4. The van der Waals surface area contributed by atoms with Crippen LogP contribution in [0.2, 0.25) is 0 Å². The summed E-state index contributed by atoms with van der Waals surface area (Å²) in [5, 5.41) is 18.7. The zero-order chi connectivity index (χ0) is 19.6. The number of hydrogen-bond acceptors (Lipinski definition) is 5. The Morgan fingerprint density at radius 2 is 1.78 bits per heavy atom. The van der Waals surface area contributed by atoms with Crippen LogP contribution >= 0.6 is 24.0 Å². The molecule has 1 aliphatic heterocycles. The van der Waals surface area contributed by atoms with Crippen LogP contribution in [0.4, 0.5) is 0 Å². The third-order valence-corrected chi connectivity index (χ3v) is 5.19. The molecule has 1 saturated heterocycles. The van der Waals surface area contributed by atoms with Gasteiger partial charge in [0.25, 0.3) is 5.91 Å². The highest BCUT2D eigenvalue weighted by atomic mass is 32.2. The summed E-state index contributed by atoms with van der Waals surface area (Å²) in [5.41, 5.74) is 1.05. The lowest BCUT2D eigenvalue weighted by molar-refractivity contribution is -0.145. The molecule has 1 aliphatic rings. The number of nitrogens with zero attached hydrogens (tertiary/aromatic N) is 1. The van der Waals surface area contributed by atoms with Crippen molar-refractivity contribution < 1.29 is 24.6 Å². The highest BCUT2D eigenvalue weighted by molar-refractivity contribution is 8.26. The molecule has 2 aromatic carbocycles. The SMILES string of the molecule is O=C(O)c1cccc(/C=C2\SC(=S)N([C@@H](C(=O)O)c3ccccc3)C2=O)c1. The van der Waals surface area contributed by atoms with Gasteiger partial charge in [-0.3, -0.25) is 9.69 Å². The number of carboxylic acid groups (broad SMARTS) is 2. The number of hydrogen-bond donors (Lipinski definition) is 2. The van der Waals surface area contributed by atoms with E-state index in [0.29, 0.717) is 11.1 Å². The predicted molar refractivity (Wildman–Crippen MR) is 105 cm³/mol. The summed E-state index contributed by atoms with van der Waals surface area (Å²) >= 11 is 6.23. The molecule has 136 valence electrons. The summed E-state index contributed by atoms with van der Waals surface area (Å²) < 4.78 is 0.136. The van der Waals surface area contributed by atoms with Crippen LogP contribution in [0.3, 0.4) is 0 Å². The Labute approximate surface area is 164 Å². The fourth-order valence-corrected chi connectivity index (χ4v) is 3.97. The highest BCUT2D eigenvalue weighted by Crippen LogP contribution is 2.38. The number of rotatable bonds is 5. The minimum Gasteiger partial charge on any atom is -0.479 e. The van der Waals surface area contributed by atoms with Crippen LogP contribution in [-0.4, -0.2) is 37.3 Å². The van der Waals surface area contributed by atoms with Crippen LogP contribution in [0.5, 0.6) is 0 Å². The molecule has 1 amide bonds. The van der Waals surface area contributed by atoms with E-state index in [0.717, 1.165) is 16.7 Å². The number of carbonyl (C=O) groups excluding carboxylic acids is 1. The van der Waals surface area contributed by atoms with Gasteiger partial charge in [0, 0.05) is 0 Å². The van der Waals surface area contributed by atoms with Crippen LogP contribution in [-0.2, 0) is 9.59 Å². The van der Waals surface area contributed by atoms with Crippen molar-refractivity contribution >= 4 is 52.2 Å². The van der Waals surface area contributed by atoms with Gasteiger partial charge in [0.2, 0.25) is 0 Å². The van der Waals surface area contributed by atoms with E-state index in [9.17, 15) is 19.5 Å². The molecule has 27 heavy (non-hydrogen) atoms. The molecule has 0 aliphatic carbocycles. The van der Waals surface area contributed by atoms with Crippen molar-refractivity contribution in [1.29, 1.82) is 0 Å². The number of aromatic carboxylic acids is 1. The number of aliphatic carboxylic acids is 1. The number of thioether (sulfide) groups is 1. The molecule has 6 nitrogen and oxygen atoms in total. The molecular weight excluding hydrogens is 386 g/mol. The Hall–Kier alpha value is -2.97. The van der Waals surface area contributed by atoms with Gasteiger partial charge >= 0.3 is 11.9 Å². The van der Waals surface area contributed by atoms with Crippen molar-refractivity contribution in [2.75, 3.05) is 0 Å². The van der Waals surface area contributed by atoms with E-state index in [2.05, 4.69) is 0 Å². The maximum atomic E-state index is 12.8. The largest absolute Gasteiger partial charge is 0.479 e. The standard InChI is InChI=1S/C19H13NO5S2/c21-16-14(10-11-5-4-8-13(9-11)17(22)23)27-19(26)20(16)15(18(24)25)12-6-2-1-3-7-12/h1-10,15H,(H,22,23)(H,24,25)/b14-10-/t15-/m1/s1. The van der Waals surface area contributed by atoms with Gasteiger partial charge in [0.1, 0.15) is 4.32 Å². The quantitative estimate of drug-likeness (QED) is 0.588. The van der Waals surface area contributed by atoms with Crippen LogP contribution in [0.1, 0.15) is 27.5 Å². The molecule has 2 aromatic rings. The minimum atomic E-state index is -1.23. The lowest BCUT2D eigenvalue weighted by atomic mass is 10.1. The molecule has 0 unspecified atom stereocenters. The Balaban J connectivity index is 1.96. The van der Waals surface area contributed by atoms with Crippen LogP contribution in [0, 0.1) is 0 Å². The van der Waals surface area contributed by atoms with E-state index in [1.165, 1.54) is 18.2 Å². The van der Waals surface area contributed by atoms with Gasteiger partial charge in [-0.2, -0.15) is 0 Å². The summed E-state index contributed by atoms with van der Waals surface area (Å²) in [6.07, 6.45) is 1.51. The summed E-state index contributed by atoms with van der Waals surface area (Å²) in [6.45, 7) is 0. The average molecular weight is 399 g/mol. The van der Waals surface area contributed by atoms with Crippen LogP contribution in [0.25, 0.3) is 6.08 Å². The molecule has 0 radical (unpaired) electrons. The summed E-state index contributed by atoms with van der Waals surface area (Å²) in [7, 11) is 0. The van der Waals surface area contributed by atoms with E-state index in [-0.39, 0.29) is 14.8 Å². The molecule has 8 heteroatoms. The zero-order valence-electron chi connectivity index (χ0n) is 13.7. The molecule has 3 rings (SSSR count). The molecule has 0 bridgehead atoms. The Kier molecular flexibility index (Phi) is 5.38. The predicted octanol–water partition coefficient (Wildman–Crippen LogP) is 3.41. The number of carbonyl (C=O) groups is 3. The second-order valence-electron chi connectivity index (χ2n) is 5.63. The number of carboxylic acids is 2. The molecule has 1 fully saturated rings. The van der Waals surface area contributed by atoms with Gasteiger partial charge in [-0.05, 0) is 29.3 Å². The monoisotopic (exact) mass is 399 g/mol. The molecular formula is C19H13NO5S2. The van der Waals surface area contributed by atoms with Gasteiger partial charge in [-0.15, -0.1) is 0 Å². The normalized spacial score (nSPS) is 16.6. The smallest absolute Gasteiger partial charge is 0.335 e. The van der Waals surface area contributed by atoms with E-state index in [1.807, 2.05) is 0 Å². The first kappa shape index (κ1) is 18.8. The molecule has 0 aromatic heterocycles. The van der Waals surface area contributed by atoms with Crippen LogP contribution < -0.4 is 0 Å². The van der Waals surface area contributed by atoms with Gasteiger partial charge in [0.05, 0.1) is 10.5 Å². The number of thiocarbonyl (C=S) groups is 1. The average Bonchev–Trinajstić information content (AvgIpc) is 2.90. The first-order valence-corrected chi connectivity index (χ1v) is 8.99. The summed E-state index contributed by atoms with van der Waals surface area (Å²) in [6, 6.07) is 13.3. The van der Waals surface area contributed by atoms with Gasteiger partial charge in [0.15, 0.2) is 6.04 Å². The minimum absolute atomic E-state index is 0.0897. The molecule has 2 N–H and O–H groups in total. The fraction of sp³-hybridized carbons (Fsp3) is 0.0526. The van der Waals surface area contributed by atoms with Crippen molar-refractivity contribution in [2.45, 2.75) is 6.04 Å². The number of benzene rings is 2. The lowest BCUT2D eigenvalue weighted by Crippen LogP contribution is -2.37. The van der Waals surface area contributed by atoms with Gasteiger partial charge < -0.3 is 10.2 Å². The van der Waals surface area contributed by atoms with E-state index in [1.54, 1.807) is 42.5 Å². The Bertz CT molecular complexity index is 971. The maximum Gasteiger partial charge on any atom is 0.335 e. The lowest BCUT2D eigenvalue weighted by Gasteiger charge is -2.23. The molecule has 0 saturated carbocycles. The number of amides is 1. The second-order valence-corrected chi connectivity index (χ2v) is 7.31. The summed E-state index contributed by atoms with van der Waals surface area (Å²) in [4.78, 5) is 37.1. The third kappa shape index (κ3) is 3.91. The fourth-order valence-electron chi connectivity index (χ4n) is 2.65. The van der Waals surface area contributed by atoms with Crippen molar-refractivity contribution in [2.24, 2.45) is 0 Å². The van der Waals surface area contributed by atoms with Crippen molar-refractivity contribution in [3.8, 4) is 0 Å². The van der Waals surface area contributed by atoms with Crippen LogP contribution in [0.15, 0.2) is 59.5 Å². The van der Waals surface area contributed by atoms with Gasteiger partial charge in [-0.25, -0.2) is 9.59 Å². The Morgan fingerprint density at radius 3 is 2.41 bits per heavy atom. The van der Waals surface area contributed by atoms with E-state index < -0.39 is 23.9 Å². The molecule has 1 atom stereocenters. The second kappa shape index (κ2) is 7.73.